The Morgan fingerprint density at radius 3 is 2.42 bits per heavy atom. The summed E-state index contributed by atoms with van der Waals surface area (Å²) in [6.07, 6.45) is 0. The van der Waals surface area contributed by atoms with E-state index in [0.717, 1.165) is 15.8 Å². The van der Waals surface area contributed by atoms with E-state index >= 15 is 0 Å². The van der Waals surface area contributed by atoms with Crippen molar-refractivity contribution in [2.45, 2.75) is 26.1 Å². The molecule has 1 aromatic rings. The van der Waals surface area contributed by atoms with Crippen molar-refractivity contribution in [3.8, 4) is 5.75 Å². The van der Waals surface area contributed by atoms with Crippen LogP contribution in [0.3, 0.4) is 0 Å². The van der Waals surface area contributed by atoms with Crippen LogP contribution in [0.15, 0.2) is 22.7 Å². The maximum atomic E-state index is 6.52. The first-order chi connectivity index (χ1) is 8.97. The number of benzene rings is 1. The summed E-state index contributed by atoms with van der Waals surface area (Å²) in [5.41, 5.74) is 1.12. The highest BCUT2D eigenvalue weighted by atomic mass is 79.9. The third-order valence-electron chi connectivity index (χ3n) is 3.33. The van der Waals surface area contributed by atoms with Crippen molar-refractivity contribution in [1.82, 2.24) is 0 Å². The van der Waals surface area contributed by atoms with Crippen LogP contribution in [-0.2, 0) is 4.74 Å². The summed E-state index contributed by atoms with van der Waals surface area (Å²) in [6, 6.07) is 6.03. The molecule has 2 nitrogen and oxygen atoms in total. The SMILES string of the molecule is COCCOc1ccc(C(Cl)C(C)C(C)C)cc1Br. The molecule has 0 saturated carbocycles. The number of halogens is 2. The van der Waals surface area contributed by atoms with Gasteiger partial charge in [0.2, 0.25) is 0 Å². The van der Waals surface area contributed by atoms with Crippen molar-refractivity contribution in [1.29, 1.82) is 0 Å². The molecule has 0 aliphatic heterocycles. The molecule has 2 unspecified atom stereocenters. The van der Waals surface area contributed by atoms with Gasteiger partial charge in [0.05, 0.1) is 16.5 Å². The Labute approximate surface area is 129 Å². The molecular weight excluding hydrogens is 328 g/mol. The molecule has 0 amide bonds. The van der Waals surface area contributed by atoms with Gasteiger partial charge in [-0.05, 0) is 45.5 Å². The largest absolute Gasteiger partial charge is 0.490 e. The molecule has 2 atom stereocenters. The van der Waals surface area contributed by atoms with Crippen molar-refractivity contribution in [2.75, 3.05) is 20.3 Å². The second kappa shape index (κ2) is 8.13. The molecule has 0 aliphatic carbocycles. The van der Waals surface area contributed by atoms with Gasteiger partial charge in [-0.15, -0.1) is 11.6 Å². The minimum Gasteiger partial charge on any atom is -0.490 e. The van der Waals surface area contributed by atoms with Gasteiger partial charge >= 0.3 is 0 Å². The van der Waals surface area contributed by atoms with Crippen LogP contribution in [0.4, 0.5) is 0 Å². The van der Waals surface area contributed by atoms with Gasteiger partial charge < -0.3 is 9.47 Å². The number of rotatable bonds is 7. The van der Waals surface area contributed by atoms with E-state index in [1.807, 2.05) is 18.2 Å². The molecule has 0 saturated heterocycles. The highest BCUT2D eigenvalue weighted by molar-refractivity contribution is 9.10. The number of hydrogen-bond donors (Lipinski definition) is 0. The van der Waals surface area contributed by atoms with Gasteiger partial charge in [-0.1, -0.05) is 26.8 Å². The van der Waals surface area contributed by atoms with Crippen molar-refractivity contribution in [3.63, 3.8) is 0 Å². The minimum absolute atomic E-state index is 0.0179. The van der Waals surface area contributed by atoms with Gasteiger partial charge in [0, 0.05) is 7.11 Å². The maximum absolute atomic E-state index is 6.52. The first kappa shape index (κ1) is 16.8. The third kappa shape index (κ3) is 4.97. The molecule has 1 rings (SSSR count). The Morgan fingerprint density at radius 2 is 1.89 bits per heavy atom. The zero-order chi connectivity index (χ0) is 14.4. The molecule has 0 aromatic heterocycles. The summed E-state index contributed by atoms with van der Waals surface area (Å²) in [6.45, 7) is 7.69. The Balaban J connectivity index is 2.75. The topological polar surface area (TPSA) is 18.5 Å². The van der Waals surface area contributed by atoms with Gasteiger partial charge in [0.15, 0.2) is 0 Å². The fraction of sp³-hybridized carbons (Fsp3) is 0.600. The highest BCUT2D eigenvalue weighted by Gasteiger charge is 2.20. The lowest BCUT2D eigenvalue weighted by Crippen LogP contribution is -2.11. The summed E-state index contributed by atoms with van der Waals surface area (Å²) in [7, 11) is 1.66. The Hall–Kier alpha value is -0.250. The van der Waals surface area contributed by atoms with Gasteiger partial charge in [0.25, 0.3) is 0 Å². The van der Waals surface area contributed by atoms with E-state index in [0.29, 0.717) is 25.0 Å². The molecule has 108 valence electrons. The first-order valence-corrected chi connectivity index (χ1v) is 7.75. The Bertz CT molecular complexity index is 396. The molecule has 0 radical (unpaired) electrons. The van der Waals surface area contributed by atoms with Crippen molar-refractivity contribution in [2.24, 2.45) is 11.8 Å². The normalized spacial score (nSPS) is 14.5. The third-order valence-corrected chi connectivity index (χ3v) is 4.60. The van der Waals surface area contributed by atoms with E-state index in [9.17, 15) is 0 Å². The fourth-order valence-corrected chi connectivity index (χ4v) is 2.62. The lowest BCUT2D eigenvalue weighted by atomic mass is 9.90. The van der Waals surface area contributed by atoms with E-state index in [-0.39, 0.29) is 5.38 Å². The minimum atomic E-state index is 0.0179. The quantitative estimate of drug-likeness (QED) is 0.507. The Kier molecular flexibility index (Phi) is 7.19. The van der Waals surface area contributed by atoms with Crippen LogP contribution in [-0.4, -0.2) is 20.3 Å². The molecular formula is C15H22BrClO2. The van der Waals surface area contributed by atoms with Crippen molar-refractivity contribution < 1.29 is 9.47 Å². The van der Waals surface area contributed by atoms with Crippen LogP contribution in [0.1, 0.15) is 31.7 Å². The van der Waals surface area contributed by atoms with Crippen LogP contribution in [0.2, 0.25) is 0 Å². The molecule has 0 fully saturated rings. The first-order valence-electron chi connectivity index (χ1n) is 6.52. The number of methoxy groups -OCH3 is 1. The van der Waals surface area contributed by atoms with Crippen molar-refractivity contribution in [3.05, 3.63) is 28.2 Å². The molecule has 0 N–H and O–H groups in total. The molecule has 19 heavy (non-hydrogen) atoms. The zero-order valence-electron chi connectivity index (χ0n) is 12.0. The summed E-state index contributed by atoms with van der Waals surface area (Å²) >= 11 is 10.1. The average Bonchev–Trinajstić information content (AvgIpc) is 2.39. The summed E-state index contributed by atoms with van der Waals surface area (Å²) in [5, 5.41) is 0.0179. The van der Waals surface area contributed by atoms with Crippen LogP contribution >= 0.6 is 27.5 Å². The van der Waals surface area contributed by atoms with Gasteiger partial charge in [-0.3, -0.25) is 0 Å². The average molecular weight is 350 g/mol. The van der Waals surface area contributed by atoms with Crippen LogP contribution < -0.4 is 4.74 Å². The predicted octanol–water partition coefficient (Wildman–Crippen LogP) is 5.05. The highest BCUT2D eigenvalue weighted by Crippen LogP contribution is 2.36. The second-order valence-corrected chi connectivity index (χ2v) is 6.36. The fourth-order valence-electron chi connectivity index (χ4n) is 1.68. The van der Waals surface area contributed by atoms with E-state index in [4.69, 9.17) is 21.1 Å². The summed E-state index contributed by atoms with van der Waals surface area (Å²) in [5.74, 6) is 1.80. The zero-order valence-corrected chi connectivity index (χ0v) is 14.3. The smallest absolute Gasteiger partial charge is 0.133 e. The molecule has 0 spiro atoms. The van der Waals surface area contributed by atoms with Crippen LogP contribution in [0, 0.1) is 11.8 Å². The van der Waals surface area contributed by atoms with Gasteiger partial charge in [-0.2, -0.15) is 0 Å². The van der Waals surface area contributed by atoms with Gasteiger partial charge in [0.1, 0.15) is 12.4 Å². The van der Waals surface area contributed by atoms with E-state index < -0.39 is 0 Å². The van der Waals surface area contributed by atoms with Gasteiger partial charge in [-0.25, -0.2) is 0 Å². The number of hydrogen-bond acceptors (Lipinski definition) is 2. The van der Waals surface area contributed by atoms with Crippen molar-refractivity contribution >= 4 is 27.5 Å². The maximum Gasteiger partial charge on any atom is 0.133 e. The summed E-state index contributed by atoms with van der Waals surface area (Å²) < 4.78 is 11.5. The summed E-state index contributed by atoms with van der Waals surface area (Å²) in [4.78, 5) is 0. The standard InChI is InChI=1S/C15H22BrClO2/c1-10(2)11(3)15(17)12-5-6-14(13(16)9-12)19-8-7-18-4/h5-6,9-11,15H,7-8H2,1-4H3. The molecule has 0 bridgehead atoms. The van der Waals surface area contributed by atoms with E-state index in [1.165, 1.54) is 0 Å². The number of ether oxygens (including phenoxy) is 2. The van der Waals surface area contributed by atoms with E-state index in [2.05, 4.69) is 36.7 Å². The lowest BCUT2D eigenvalue weighted by molar-refractivity contribution is 0.146. The van der Waals surface area contributed by atoms with Crippen LogP contribution in [0.5, 0.6) is 5.75 Å². The lowest BCUT2D eigenvalue weighted by Gasteiger charge is -2.22. The van der Waals surface area contributed by atoms with Crippen LogP contribution in [0.25, 0.3) is 0 Å². The molecule has 0 heterocycles. The molecule has 1 aromatic carbocycles. The molecule has 4 heteroatoms. The Morgan fingerprint density at radius 1 is 1.21 bits per heavy atom. The molecule has 0 aliphatic rings. The number of alkyl halides is 1. The predicted molar refractivity (Wildman–Crippen MR) is 84.1 cm³/mol. The second-order valence-electron chi connectivity index (χ2n) is 5.04. The van der Waals surface area contributed by atoms with E-state index in [1.54, 1.807) is 7.11 Å². The monoisotopic (exact) mass is 348 g/mol.